The molecule has 2 heterocycles. The summed E-state index contributed by atoms with van der Waals surface area (Å²) in [7, 11) is -3.64. The molecule has 0 radical (unpaired) electrons. The minimum Gasteiger partial charge on any atom is -0.492 e. The number of sulfonamides is 1. The Hall–Kier alpha value is -1.64. The SMILES string of the molecule is CCOc1ccc(NC(=O)C[NH+]2C[C@@H](C)C[C@H](C)C2)cc1S(=O)(=O)N1CCCC1. The molecule has 2 aliphatic heterocycles. The van der Waals surface area contributed by atoms with E-state index in [9.17, 15) is 13.2 Å². The smallest absolute Gasteiger partial charge is 0.279 e. The molecule has 2 N–H and O–H groups in total. The molecule has 0 aromatic heterocycles. The summed E-state index contributed by atoms with van der Waals surface area (Å²) in [6.45, 7) is 10.1. The Bertz CT molecular complexity index is 811. The molecule has 2 fully saturated rings. The molecule has 0 spiro atoms. The van der Waals surface area contributed by atoms with Crippen LogP contribution in [0.1, 0.15) is 40.0 Å². The molecule has 0 unspecified atom stereocenters. The number of carbonyl (C=O) groups excluding carboxylic acids is 1. The second-order valence-electron chi connectivity index (χ2n) is 8.53. The molecule has 1 aromatic rings. The molecular weight excluding hydrogens is 390 g/mol. The van der Waals surface area contributed by atoms with Gasteiger partial charge in [0.1, 0.15) is 10.6 Å². The first-order valence-corrected chi connectivity index (χ1v) is 12.1. The predicted molar refractivity (Wildman–Crippen MR) is 113 cm³/mol. The standard InChI is InChI=1S/C21H33N3O4S/c1-4-28-19-8-7-18(12-20(19)29(26,27)24-9-5-6-10-24)22-21(25)15-23-13-16(2)11-17(3)14-23/h7-8,12,16-17H,4-6,9-11,13-15H2,1-3H3,(H,22,25)/p+1/t16-,17-/m0/s1. The zero-order valence-electron chi connectivity index (χ0n) is 17.7. The first-order chi connectivity index (χ1) is 13.8. The van der Waals surface area contributed by atoms with Crippen molar-refractivity contribution in [1.29, 1.82) is 0 Å². The van der Waals surface area contributed by atoms with Gasteiger partial charge in [0.2, 0.25) is 10.0 Å². The fraction of sp³-hybridized carbons (Fsp3) is 0.667. The number of amides is 1. The van der Waals surface area contributed by atoms with E-state index in [0.29, 0.717) is 49.5 Å². The lowest BCUT2D eigenvalue weighted by atomic mass is 9.92. The quantitative estimate of drug-likeness (QED) is 0.693. The Balaban J connectivity index is 1.75. The predicted octanol–water partition coefficient (Wildman–Crippen LogP) is 1.37. The molecule has 0 aliphatic carbocycles. The normalized spacial score (nSPS) is 25.7. The van der Waals surface area contributed by atoms with E-state index in [0.717, 1.165) is 25.9 Å². The lowest BCUT2D eigenvalue weighted by Gasteiger charge is -2.31. The van der Waals surface area contributed by atoms with Gasteiger partial charge in [-0.15, -0.1) is 0 Å². The number of anilines is 1. The van der Waals surface area contributed by atoms with Gasteiger partial charge in [0.15, 0.2) is 6.54 Å². The molecule has 0 bridgehead atoms. The Morgan fingerprint density at radius 3 is 2.48 bits per heavy atom. The van der Waals surface area contributed by atoms with Gasteiger partial charge >= 0.3 is 0 Å². The average molecular weight is 425 g/mol. The van der Waals surface area contributed by atoms with E-state index in [1.165, 1.54) is 21.7 Å². The van der Waals surface area contributed by atoms with Crippen LogP contribution < -0.4 is 15.0 Å². The Morgan fingerprint density at radius 1 is 1.21 bits per heavy atom. The number of nitrogens with one attached hydrogen (secondary N) is 2. The van der Waals surface area contributed by atoms with Crippen LogP contribution in [0, 0.1) is 11.8 Å². The number of likely N-dealkylation sites (tertiary alicyclic amines) is 1. The lowest BCUT2D eigenvalue weighted by Crippen LogP contribution is -3.15. The van der Waals surface area contributed by atoms with E-state index in [1.807, 2.05) is 6.92 Å². The number of piperidine rings is 1. The van der Waals surface area contributed by atoms with Crippen molar-refractivity contribution in [2.75, 3.05) is 44.6 Å². The molecule has 0 saturated carbocycles. The molecule has 2 aliphatic rings. The number of ether oxygens (including phenoxy) is 1. The van der Waals surface area contributed by atoms with Gasteiger partial charge in [0, 0.05) is 30.6 Å². The molecule has 1 amide bonds. The highest BCUT2D eigenvalue weighted by Crippen LogP contribution is 2.31. The van der Waals surface area contributed by atoms with Crippen LogP contribution in [-0.2, 0) is 14.8 Å². The third kappa shape index (κ3) is 5.49. The number of nitrogens with zero attached hydrogens (tertiary/aromatic N) is 1. The zero-order chi connectivity index (χ0) is 21.0. The highest BCUT2D eigenvalue weighted by Gasteiger charge is 2.31. The molecule has 29 heavy (non-hydrogen) atoms. The van der Waals surface area contributed by atoms with Gasteiger partial charge in [-0.05, 0) is 44.4 Å². The van der Waals surface area contributed by atoms with Gasteiger partial charge < -0.3 is 15.0 Å². The van der Waals surface area contributed by atoms with Gasteiger partial charge in [-0.3, -0.25) is 4.79 Å². The Kier molecular flexibility index (Phi) is 7.19. The van der Waals surface area contributed by atoms with Crippen LogP contribution in [-0.4, -0.2) is 58.0 Å². The third-order valence-electron chi connectivity index (χ3n) is 5.70. The average Bonchev–Trinajstić information content (AvgIpc) is 3.17. The molecule has 2 atom stereocenters. The van der Waals surface area contributed by atoms with Crippen LogP contribution in [0.25, 0.3) is 0 Å². The van der Waals surface area contributed by atoms with Crippen LogP contribution in [0.5, 0.6) is 5.75 Å². The van der Waals surface area contributed by atoms with E-state index in [4.69, 9.17) is 4.74 Å². The van der Waals surface area contributed by atoms with Crippen molar-refractivity contribution in [2.45, 2.75) is 44.9 Å². The monoisotopic (exact) mass is 424 g/mol. The number of quaternary nitrogens is 1. The molecule has 1 aromatic carbocycles. The van der Waals surface area contributed by atoms with Crippen LogP contribution in [0.4, 0.5) is 5.69 Å². The fourth-order valence-corrected chi connectivity index (χ4v) is 6.30. The maximum Gasteiger partial charge on any atom is 0.279 e. The number of hydrogen-bond donors (Lipinski definition) is 2. The van der Waals surface area contributed by atoms with Crippen LogP contribution in [0.3, 0.4) is 0 Å². The van der Waals surface area contributed by atoms with Crippen molar-refractivity contribution in [3.63, 3.8) is 0 Å². The van der Waals surface area contributed by atoms with Crippen molar-refractivity contribution < 1.29 is 22.8 Å². The van der Waals surface area contributed by atoms with Gasteiger partial charge in [0.05, 0.1) is 19.7 Å². The molecule has 8 heteroatoms. The summed E-state index contributed by atoms with van der Waals surface area (Å²) in [6, 6.07) is 4.88. The summed E-state index contributed by atoms with van der Waals surface area (Å²) < 4.78 is 33.2. The molecule has 7 nitrogen and oxygen atoms in total. The Morgan fingerprint density at radius 2 is 1.86 bits per heavy atom. The first kappa shape index (κ1) is 22.1. The van der Waals surface area contributed by atoms with Gasteiger partial charge in [-0.1, -0.05) is 13.8 Å². The summed E-state index contributed by atoms with van der Waals surface area (Å²) >= 11 is 0. The van der Waals surface area contributed by atoms with Crippen molar-refractivity contribution >= 4 is 21.6 Å². The van der Waals surface area contributed by atoms with Gasteiger partial charge in [-0.2, -0.15) is 4.31 Å². The molecule has 3 rings (SSSR count). The third-order valence-corrected chi connectivity index (χ3v) is 7.62. The summed E-state index contributed by atoms with van der Waals surface area (Å²) in [4.78, 5) is 14.0. The number of hydrogen-bond acceptors (Lipinski definition) is 4. The van der Waals surface area contributed by atoms with Gasteiger partial charge in [-0.25, -0.2) is 8.42 Å². The number of benzene rings is 1. The molecule has 162 valence electrons. The van der Waals surface area contributed by atoms with Crippen molar-refractivity contribution in [3.05, 3.63) is 18.2 Å². The van der Waals surface area contributed by atoms with E-state index < -0.39 is 10.0 Å². The summed E-state index contributed by atoms with van der Waals surface area (Å²) in [5.74, 6) is 1.48. The van der Waals surface area contributed by atoms with Crippen LogP contribution >= 0.6 is 0 Å². The second-order valence-corrected chi connectivity index (χ2v) is 10.4. The zero-order valence-corrected chi connectivity index (χ0v) is 18.6. The Labute approximate surface area is 174 Å². The molecular formula is C21H34N3O4S+. The summed E-state index contributed by atoms with van der Waals surface area (Å²) in [5, 5.41) is 2.89. The van der Waals surface area contributed by atoms with Crippen molar-refractivity contribution in [2.24, 2.45) is 11.8 Å². The van der Waals surface area contributed by atoms with E-state index in [-0.39, 0.29) is 10.8 Å². The maximum absolute atomic E-state index is 13.1. The van der Waals surface area contributed by atoms with Crippen molar-refractivity contribution in [1.82, 2.24) is 4.31 Å². The summed E-state index contributed by atoms with van der Waals surface area (Å²) in [6.07, 6.45) is 2.95. The minimum absolute atomic E-state index is 0.0880. The van der Waals surface area contributed by atoms with E-state index in [1.54, 1.807) is 12.1 Å². The minimum atomic E-state index is -3.64. The highest BCUT2D eigenvalue weighted by molar-refractivity contribution is 7.89. The highest BCUT2D eigenvalue weighted by atomic mass is 32.2. The summed E-state index contributed by atoms with van der Waals surface area (Å²) in [5.41, 5.74) is 0.494. The first-order valence-electron chi connectivity index (χ1n) is 10.7. The topological polar surface area (TPSA) is 80.1 Å². The maximum atomic E-state index is 13.1. The van der Waals surface area contributed by atoms with Crippen molar-refractivity contribution in [3.8, 4) is 5.75 Å². The largest absolute Gasteiger partial charge is 0.492 e. The van der Waals surface area contributed by atoms with Crippen LogP contribution in [0.15, 0.2) is 23.1 Å². The van der Waals surface area contributed by atoms with E-state index in [2.05, 4.69) is 19.2 Å². The molecule has 2 saturated heterocycles. The van der Waals surface area contributed by atoms with E-state index >= 15 is 0 Å². The fourth-order valence-electron chi connectivity index (χ4n) is 4.63. The van der Waals surface area contributed by atoms with Crippen LogP contribution in [0.2, 0.25) is 0 Å². The van der Waals surface area contributed by atoms with Gasteiger partial charge in [0.25, 0.3) is 5.91 Å². The number of carbonyl (C=O) groups is 1. The second kappa shape index (κ2) is 9.45. The number of rotatable bonds is 7. The lowest BCUT2D eigenvalue weighted by molar-refractivity contribution is -0.904.